The Balaban J connectivity index is 2.56. The van der Waals surface area contributed by atoms with Gasteiger partial charge in [-0.2, -0.15) is 0 Å². The molecular formula is C30H56Si. The third kappa shape index (κ3) is 13.6. The zero-order valence-corrected chi connectivity index (χ0v) is 22.7. The first-order valence-electron chi connectivity index (χ1n) is 14.3. The lowest BCUT2D eigenvalue weighted by Crippen LogP contribution is -2.47. The van der Waals surface area contributed by atoms with Crippen LogP contribution in [-0.4, -0.2) is 8.07 Å². The molecule has 0 heterocycles. The molecule has 0 N–H and O–H groups in total. The average molecular weight is 445 g/mol. The van der Waals surface area contributed by atoms with Crippen molar-refractivity contribution in [2.45, 2.75) is 154 Å². The molecule has 0 saturated heterocycles. The lowest BCUT2D eigenvalue weighted by Gasteiger charge is -2.33. The molecule has 0 atom stereocenters. The molecule has 31 heavy (non-hydrogen) atoms. The maximum absolute atomic E-state index is 2.50. The lowest BCUT2D eigenvalue weighted by atomic mass is 10.1. The minimum absolute atomic E-state index is 1.36. The predicted molar refractivity (Wildman–Crippen MR) is 146 cm³/mol. The average Bonchev–Trinajstić information content (AvgIpc) is 2.81. The highest BCUT2D eigenvalue weighted by atomic mass is 28.3. The van der Waals surface area contributed by atoms with Gasteiger partial charge in [0.2, 0.25) is 0 Å². The van der Waals surface area contributed by atoms with Crippen molar-refractivity contribution in [2.24, 2.45) is 0 Å². The van der Waals surface area contributed by atoms with E-state index in [4.69, 9.17) is 0 Å². The Kier molecular flexibility index (Phi) is 18.4. The molecular weight excluding hydrogens is 388 g/mol. The van der Waals surface area contributed by atoms with Crippen molar-refractivity contribution in [3.8, 4) is 0 Å². The summed E-state index contributed by atoms with van der Waals surface area (Å²) >= 11 is 0. The maximum atomic E-state index is 2.50. The molecule has 0 fully saturated rings. The second kappa shape index (κ2) is 20.1. The third-order valence-electron chi connectivity index (χ3n) is 7.41. The summed E-state index contributed by atoms with van der Waals surface area (Å²) in [6.07, 6.45) is 26.0. The molecule has 1 rings (SSSR count). The first kappa shape index (κ1) is 28.5. The van der Waals surface area contributed by atoms with Crippen LogP contribution in [0, 0.1) is 0 Å². The smallest absolute Gasteiger partial charge is 0.0654 e. The van der Waals surface area contributed by atoms with Crippen LogP contribution in [-0.2, 0) is 0 Å². The monoisotopic (exact) mass is 444 g/mol. The second-order valence-corrected chi connectivity index (χ2v) is 14.8. The molecule has 0 amide bonds. The highest BCUT2D eigenvalue weighted by Crippen LogP contribution is 2.30. The minimum Gasteiger partial charge on any atom is -0.0654 e. The van der Waals surface area contributed by atoms with Crippen molar-refractivity contribution < 1.29 is 0 Å². The lowest BCUT2D eigenvalue weighted by molar-refractivity contribution is 0.561. The van der Waals surface area contributed by atoms with Crippen LogP contribution in [0.4, 0.5) is 0 Å². The second-order valence-electron chi connectivity index (χ2n) is 10.2. The Morgan fingerprint density at radius 3 is 1.13 bits per heavy atom. The van der Waals surface area contributed by atoms with Gasteiger partial charge in [-0.25, -0.2) is 0 Å². The topological polar surface area (TPSA) is 0 Å². The van der Waals surface area contributed by atoms with Gasteiger partial charge in [-0.3, -0.25) is 0 Å². The highest BCUT2D eigenvalue weighted by Gasteiger charge is 2.33. The van der Waals surface area contributed by atoms with Gasteiger partial charge in [0.15, 0.2) is 0 Å². The maximum Gasteiger partial charge on any atom is 0.0867 e. The van der Waals surface area contributed by atoms with E-state index in [0.717, 1.165) is 0 Å². The Morgan fingerprint density at radius 1 is 0.419 bits per heavy atom. The van der Waals surface area contributed by atoms with Gasteiger partial charge in [0.25, 0.3) is 0 Å². The van der Waals surface area contributed by atoms with Crippen LogP contribution >= 0.6 is 0 Å². The molecule has 0 aliphatic rings. The van der Waals surface area contributed by atoms with Gasteiger partial charge < -0.3 is 0 Å². The fraction of sp³-hybridized carbons (Fsp3) is 0.800. The summed E-state index contributed by atoms with van der Waals surface area (Å²) in [5.41, 5.74) is 0. The normalized spacial score (nSPS) is 11.8. The molecule has 0 aromatic heterocycles. The number of hydrogen-bond donors (Lipinski definition) is 0. The predicted octanol–water partition coefficient (Wildman–Crippen LogP) is 10.4. The standard InChI is InChI=1S/C30H56Si/c1-4-7-10-13-14-15-16-17-18-24-29-31(27-22-11-8-5-2,28-23-12-9-6-3)30-25-20-19-21-26-30/h19-21,25-26H,4-18,22-24,27-29H2,1-3H3. The van der Waals surface area contributed by atoms with E-state index in [2.05, 4.69) is 51.1 Å². The van der Waals surface area contributed by atoms with Crippen LogP contribution < -0.4 is 5.19 Å². The number of benzene rings is 1. The van der Waals surface area contributed by atoms with Crippen LogP contribution in [0.5, 0.6) is 0 Å². The van der Waals surface area contributed by atoms with Crippen LogP contribution in [0.25, 0.3) is 0 Å². The Bertz CT molecular complexity index is 468. The fourth-order valence-electron chi connectivity index (χ4n) is 5.33. The molecule has 0 spiro atoms. The first-order valence-corrected chi connectivity index (χ1v) is 17.0. The van der Waals surface area contributed by atoms with Gasteiger partial charge in [-0.15, -0.1) is 0 Å². The molecule has 0 aliphatic heterocycles. The minimum atomic E-state index is -1.36. The molecule has 1 heteroatoms. The number of unbranched alkanes of at least 4 members (excludes halogenated alkanes) is 15. The van der Waals surface area contributed by atoms with E-state index in [-0.39, 0.29) is 0 Å². The van der Waals surface area contributed by atoms with E-state index in [1.54, 1.807) is 23.3 Å². The summed E-state index contributed by atoms with van der Waals surface area (Å²) in [6.45, 7) is 7.00. The number of rotatable bonds is 22. The van der Waals surface area contributed by atoms with E-state index in [1.165, 1.54) is 116 Å². The van der Waals surface area contributed by atoms with Gasteiger partial charge in [-0.1, -0.05) is 190 Å². The van der Waals surface area contributed by atoms with Crippen molar-refractivity contribution in [1.29, 1.82) is 0 Å². The van der Waals surface area contributed by atoms with Gasteiger partial charge in [0, 0.05) is 0 Å². The van der Waals surface area contributed by atoms with E-state index >= 15 is 0 Å². The van der Waals surface area contributed by atoms with Crippen molar-refractivity contribution in [2.75, 3.05) is 0 Å². The number of hydrogen-bond acceptors (Lipinski definition) is 0. The van der Waals surface area contributed by atoms with Gasteiger partial charge >= 0.3 is 0 Å². The van der Waals surface area contributed by atoms with Crippen molar-refractivity contribution in [1.82, 2.24) is 0 Å². The summed E-state index contributed by atoms with van der Waals surface area (Å²) in [5, 5.41) is 1.78. The molecule has 1 aromatic rings. The van der Waals surface area contributed by atoms with Crippen molar-refractivity contribution >= 4 is 13.3 Å². The zero-order chi connectivity index (χ0) is 22.5. The summed E-state index contributed by atoms with van der Waals surface area (Å²) in [4.78, 5) is 0. The van der Waals surface area contributed by atoms with E-state index in [0.29, 0.717) is 0 Å². The molecule has 0 bridgehead atoms. The Hall–Kier alpha value is -0.563. The van der Waals surface area contributed by atoms with Gasteiger partial charge in [0.05, 0.1) is 8.07 Å². The summed E-state index contributed by atoms with van der Waals surface area (Å²) in [7, 11) is -1.36. The van der Waals surface area contributed by atoms with E-state index in [1.807, 2.05) is 0 Å². The third-order valence-corrected chi connectivity index (χ3v) is 12.9. The van der Waals surface area contributed by atoms with E-state index < -0.39 is 8.07 Å². The summed E-state index contributed by atoms with van der Waals surface area (Å²) in [6, 6.07) is 16.5. The van der Waals surface area contributed by atoms with Crippen molar-refractivity contribution in [3.05, 3.63) is 30.3 Å². The molecule has 0 nitrogen and oxygen atoms in total. The molecule has 0 aliphatic carbocycles. The zero-order valence-electron chi connectivity index (χ0n) is 21.7. The van der Waals surface area contributed by atoms with E-state index in [9.17, 15) is 0 Å². The Morgan fingerprint density at radius 2 is 0.742 bits per heavy atom. The molecule has 0 unspecified atom stereocenters. The molecule has 0 saturated carbocycles. The molecule has 180 valence electrons. The highest BCUT2D eigenvalue weighted by molar-refractivity contribution is 6.91. The SMILES string of the molecule is CCCCCCCCCCCC[Si](CCCCCC)(CCCCCC)c1ccccc1. The van der Waals surface area contributed by atoms with Gasteiger partial charge in [0.1, 0.15) is 0 Å². The summed E-state index contributed by atoms with van der Waals surface area (Å²) < 4.78 is 0. The van der Waals surface area contributed by atoms with Crippen LogP contribution in [0.2, 0.25) is 18.1 Å². The Labute approximate surface area is 198 Å². The fourth-order valence-corrected chi connectivity index (χ4v) is 10.6. The quantitative estimate of drug-likeness (QED) is 0.123. The van der Waals surface area contributed by atoms with Crippen LogP contribution in [0.3, 0.4) is 0 Å². The molecule has 1 aromatic carbocycles. The largest absolute Gasteiger partial charge is 0.0867 e. The summed E-state index contributed by atoms with van der Waals surface area (Å²) in [5.74, 6) is 0. The van der Waals surface area contributed by atoms with Crippen LogP contribution in [0.1, 0.15) is 136 Å². The molecule has 0 radical (unpaired) electrons. The first-order chi connectivity index (χ1) is 15.3. The van der Waals surface area contributed by atoms with Crippen LogP contribution in [0.15, 0.2) is 30.3 Å². The van der Waals surface area contributed by atoms with Gasteiger partial charge in [-0.05, 0) is 0 Å². The van der Waals surface area contributed by atoms with Crippen molar-refractivity contribution in [3.63, 3.8) is 0 Å².